The first kappa shape index (κ1) is 10.1. The van der Waals surface area contributed by atoms with Gasteiger partial charge in [-0.15, -0.1) is 0 Å². The van der Waals surface area contributed by atoms with Crippen LogP contribution in [0.15, 0.2) is 24.3 Å². The molecule has 1 atom stereocenters. The van der Waals surface area contributed by atoms with Crippen molar-refractivity contribution in [2.75, 3.05) is 7.11 Å². The molecule has 0 amide bonds. The minimum absolute atomic E-state index is 0.652. The molecule has 0 heterocycles. The van der Waals surface area contributed by atoms with Crippen molar-refractivity contribution in [3.63, 3.8) is 0 Å². The zero-order valence-electron chi connectivity index (χ0n) is 8.12. The quantitative estimate of drug-likeness (QED) is 0.698. The Morgan fingerprint density at radius 1 is 1.38 bits per heavy atom. The van der Waals surface area contributed by atoms with Crippen LogP contribution in [-0.2, 0) is 5.11 Å². The third-order valence-corrected chi connectivity index (χ3v) is 2.04. The summed E-state index contributed by atoms with van der Waals surface area (Å²) in [7, 11) is 1.59. The summed E-state index contributed by atoms with van der Waals surface area (Å²) in [5, 5.41) is 11.6. The molecule has 1 radical (unpaired) electrons. The van der Waals surface area contributed by atoms with E-state index in [1.807, 2.05) is 31.2 Å². The average molecular weight is 179 g/mol. The largest absolute Gasteiger partial charge is 0.496 e. The Hall–Kier alpha value is -1.02. The number of rotatable bonds is 4. The highest BCUT2D eigenvalue weighted by Gasteiger charge is 2.12. The highest BCUT2D eigenvalue weighted by atomic mass is 16.5. The maximum absolute atomic E-state index is 11.6. The van der Waals surface area contributed by atoms with Crippen molar-refractivity contribution in [1.82, 2.24) is 0 Å². The molecule has 1 aromatic rings. The first-order chi connectivity index (χ1) is 6.29. The highest BCUT2D eigenvalue weighted by molar-refractivity contribution is 5.34. The van der Waals surface area contributed by atoms with Crippen LogP contribution in [0.3, 0.4) is 0 Å². The second kappa shape index (κ2) is 4.87. The van der Waals surface area contributed by atoms with Gasteiger partial charge in [-0.25, -0.2) is 5.11 Å². The maximum atomic E-state index is 11.6. The van der Waals surface area contributed by atoms with Crippen LogP contribution in [0.4, 0.5) is 0 Å². The summed E-state index contributed by atoms with van der Waals surface area (Å²) >= 11 is 0. The molecule has 1 rings (SSSR count). The fourth-order valence-corrected chi connectivity index (χ4v) is 1.35. The van der Waals surface area contributed by atoms with Gasteiger partial charge < -0.3 is 4.74 Å². The molecule has 0 N–H and O–H groups in total. The topological polar surface area (TPSA) is 29.1 Å². The van der Waals surface area contributed by atoms with Crippen molar-refractivity contribution in [1.29, 1.82) is 0 Å². The van der Waals surface area contributed by atoms with Gasteiger partial charge in [-0.05, 0) is 12.5 Å². The zero-order chi connectivity index (χ0) is 9.68. The van der Waals surface area contributed by atoms with E-state index in [1.54, 1.807) is 7.11 Å². The Kier molecular flexibility index (Phi) is 3.77. The lowest BCUT2D eigenvalue weighted by atomic mass is 10.0. The second-order valence-corrected chi connectivity index (χ2v) is 3.02. The van der Waals surface area contributed by atoms with Crippen molar-refractivity contribution in [2.24, 2.45) is 0 Å². The summed E-state index contributed by atoms with van der Waals surface area (Å²) in [5.74, 6) is 0.705. The molecule has 0 fully saturated rings. The van der Waals surface area contributed by atoms with Crippen LogP contribution in [0.25, 0.3) is 0 Å². The van der Waals surface area contributed by atoms with E-state index in [1.165, 1.54) is 0 Å². The van der Waals surface area contributed by atoms with Crippen molar-refractivity contribution in [3.8, 4) is 5.75 Å². The van der Waals surface area contributed by atoms with Crippen LogP contribution >= 0.6 is 0 Å². The second-order valence-electron chi connectivity index (χ2n) is 3.02. The molecular weight excluding hydrogens is 164 g/mol. The summed E-state index contributed by atoms with van der Waals surface area (Å²) < 4.78 is 5.11. The molecule has 0 aliphatic rings. The van der Waals surface area contributed by atoms with E-state index in [0.29, 0.717) is 12.2 Å². The van der Waals surface area contributed by atoms with Crippen molar-refractivity contribution < 1.29 is 9.84 Å². The lowest BCUT2D eigenvalue weighted by Gasteiger charge is -2.11. The van der Waals surface area contributed by atoms with Crippen LogP contribution in [-0.4, -0.2) is 7.11 Å². The molecule has 2 nitrogen and oxygen atoms in total. The molecule has 0 saturated carbocycles. The molecule has 71 valence electrons. The maximum Gasteiger partial charge on any atom is 0.124 e. The summed E-state index contributed by atoms with van der Waals surface area (Å²) in [6.45, 7) is 2.01. The summed E-state index contributed by atoms with van der Waals surface area (Å²) in [6.07, 6.45) is 0.924. The van der Waals surface area contributed by atoms with E-state index in [-0.39, 0.29) is 0 Å². The fraction of sp³-hybridized carbons (Fsp3) is 0.455. The Balaban J connectivity index is 2.85. The molecule has 0 spiro atoms. The molecule has 0 saturated heterocycles. The Morgan fingerprint density at radius 3 is 2.69 bits per heavy atom. The van der Waals surface area contributed by atoms with Gasteiger partial charge in [0.1, 0.15) is 11.9 Å². The van der Waals surface area contributed by atoms with Crippen molar-refractivity contribution in [2.45, 2.75) is 25.9 Å². The Labute approximate surface area is 79.2 Å². The van der Waals surface area contributed by atoms with Gasteiger partial charge in [-0.2, -0.15) is 0 Å². The molecule has 0 aromatic heterocycles. The molecule has 0 bridgehead atoms. The molecule has 1 aromatic carbocycles. The smallest absolute Gasteiger partial charge is 0.124 e. The molecule has 2 heteroatoms. The molecule has 0 aliphatic heterocycles. The summed E-state index contributed by atoms with van der Waals surface area (Å²) in [4.78, 5) is 0. The van der Waals surface area contributed by atoms with Crippen LogP contribution in [0, 0.1) is 0 Å². The number of benzene rings is 1. The number of hydrogen-bond donors (Lipinski definition) is 0. The van der Waals surface area contributed by atoms with Gasteiger partial charge in [0.25, 0.3) is 0 Å². The van der Waals surface area contributed by atoms with Gasteiger partial charge in [0.2, 0.25) is 0 Å². The number of methoxy groups -OCH3 is 1. The van der Waals surface area contributed by atoms with Crippen molar-refractivity contribution in [3.05, 3.63) is 29.8 Å². The lowest BCUT2D eigenvalue weighted by Crippen LogP contribution is -1.98. The first-order valence-electron chi connectivity index (χ1n) is 4.58. The molecule has 0 aliphatic carbocycles. The fourth-order valence-electron chi connectivity index (χ4n) is 1.35. The normalized spacial score (nSPS) is 12.5. The highest BCUT2D eigenvalue weighted by Crippen LogP contribution is 2.27. The van der Waals surface area contributed by atoms with E-state index in [4.69, 9.17) is 4.74 Å². The lowest BCUT2D eigenvalue weighted by molar-refractivity contribution is 0.0782. The first-order valence-corrected chi connectivity index (χ1v) is 4.58. The van der Waals surface area contributed by atoms with E-state index in [2.05, 4.69) is 0 Å². The third-order valence-electron chi connectivity index (χ3n) is 2.04. The van der Waals surface area contributed by atoms with Crippen LogP contribution in [0.1, 0.15) is 31.4 Å². The van der Waals surface area contributed by atoms with E-state index in [9.17, 15) is 5.11 Å². The predicted molar refractivity (Wildman–Crippen MR) is 51.3 cm³/mol. The number of para-hydroxylation sites is 1. The van der Waals surface area contributed by atoms with Gasteiger partial charge in [0.15, 0.2) is 0 Å². The van der Waals surface area contributed by atoms with Crippen molar-refractivity contribution >= 4 is 0 Å². The standard InChI is InChI=1S/C11H15O2/c1-3-6-10(12)9-7-4-5-8-11(9)13-2/h4-5,7-8,10H,3,6H2,1-2H3. The Bertz CT molecular complexity index is 258. The zero-order valence-corrected chi connectivity index (χ0v) is 8.12. The van der Waals surface area contributed by atoms with E-state index < -0.39 is 6.10 Å². The van der Waals surface area contributed by atoms with E-state index >= 15 is 0 Å². The van der Waals surface area contributed by atoms with Crippen LogP contribution in [0.2, 0.25) is 0 Å². The third kappa shape index (κ3) is 2.46. The minimum atomic E-state index is -0.652. The summed E-state index contributed by atoms with van der Waals surface area (Å²) in [6, 6.07) is 7.42. The number of hydrogen-bond acceptors (Lipinski definition) is 1. The predicted octanol–water partition coefficient (Wildman–Crippen LogP) is 2.97. The van der Waals surface area contributed by atoms with Crippen LogP contribution in [0.5, 0.6) is 5.75 Å². The van der Waals surface area contributed by atoms with Crippen LogP contribution < -0.4 is 4.74 Å². The SMILES string of the molecule is CCCC([O])c1ccccc1OC. The Morgan fingerprint density at radius 2 is 2.08 bits per heavy atom. The monoisotopic (exact) mass is 179 g/mol. The van der Waals surface area contributed by atoms with Gasteiger partial charge in [0, 0.05) is 5.56 Å². The molecular formula is C11H15O2. The average Bonchev–Trinajstić information content (AvgIpc) is 2.18. The van der Waals surface area contributed by atoms with Gasteiger partial charge in [0.05, 0.1) is 7.11 Å². The molecule has 1 unspecified atom stereocenters. The van der Waals surface area contributed by atoms with Gasteiger partial charge in [-0.3, -0.25) is 0 Å². The summed E-state index contributed by atoms with van der Waals surface area (Å²) in [5.41, 5.74) is 0.770. The molecule has 13 heavy (non-hydrogen) atoms. The number of ether oxygens (including phenoxy) is 1. The van der Waals surface area contributed by atoms with Gasteiger partial charge in [-0.1, -0.05) is 31.5 Å². The van der Waals surface area contributed by atoms with E-state index in [0.717, 1.165) is 12.0 Å². The van der Waals surface area contributed by atoms with Gasteiger partial charge >= 0.3 is 0 Å². The minimum Gasteiger partial charge on any atom is -0.496 e.